The highest BCUT2D eigenvalue weighted by Gasteiger charge is 2.23. The third kappa shape index (κ3) is 3.09. The van der Waals surface area contributed by atoms with Crippen LogP contribution in [0.5, 0.6) is 5.75 Å². The molecule has 1 amide bonds. The van der Waals surface area contributed by atoms with E-state index in [9.17, 15) is 4.79 Å². The summed E-state index contributed by atoms with van der Waals surface area (Å²) in [4.78, 5) is 15.2. The van der Waals surface area contributed by atoms with Crippen LogP contribution in [0.3, 0.4) is 0 Å². The molecule has 1 fully saturated rings. The fourth-order valence-electron chi connectivity index (χ4n) is 2.91. The smallest absolute Gasteiger partial charge is 0.249 e. The Morgan fingerprint density at radius 1 is 1.50 bits per heavy atom. The topological polar surface area (TPSA) is 63.3 Å². The number of aromatic amines is 1. The van der Waals surface area contributed by atoms with Gasteiger partial charge in [-0.05, 0) is 43.9 Å². The van der Waals surface area contributed by atoms with Gasteiger partial charge < -0.3 is 19.8 Å². The van der Waals surface area contributed by atoms with Crippen LogP contribution in [-0.4, -0.2) is 36.8 Å². The largest absolute Gasteiger partial charge is 0.493 e. The molecule has 0 aliphatic carbocycles. The van der Waals surface area contributed by atoms with Crippen LogP contribution in [0.1, 0.15) is 25.3 Å². The van der Waals surface area contributed by atoms with E-state index >= 15 is 0 Å². The van der Waals surface area contributed by atoms with Gasteiger partial charge in [0.2, 0.25) is 5.91 Å². The second kappa shape index (κ2) is 6.83. The average Bonchev–Trinajstić information content (AvgIpc) is 3.17. The molecular weight excluding hydrogens is 280 g/mol. The summed E-state index contributed by atoms with van der Waals surface area (Å²) < 4.78 is 11.1. The maximum absolute atomic E-state index is 11.9. The highest BCUT2D eigenvalue weighted by molar-refractivity contribution is 5.89. The Morgan fingerprint density at radius 2 is 2.41 bits per heavy atom. The lowest BCUT2D eigenvalue weighted by Crippen LogP contribution is -2.35. The minimum atomic E-state index is -0.262. The van der Waals surface area contributed by atoms with Crippen molar-refractivity contribution < 1.29 is 14.3 Å². The summed E-state index contributed by atoms with van der Waals surface area (Å²) in [5, 5.41) is 4.07. The Labute approximate surface area is 130 Å². The quantitative estimate of drug-likeness (QED) is 0.861. The monoisotopic (exact) mass is 302 g/mol. The second-order valence-electron chi connectivity index (χ2n) is 5.47. The van der Waals surface area contributed by atoms with Crippen molar-refractivity contribution in [1.82, 2.24) is 10.3 Å². The fourth-order valence-corrected chi connectivity index (χ4v) is 2.91. The summed E-state index contributed by atoms with van der Waals surface area (Å²) in [7, 11) is 0. The molecule has 5 heteroatoms. The van der Waals surface area contributed by atoms with Gasteiger partial charge in [-0.25, -0.2) is 0 Å². The predicted octanol–water partition coefficient (Wildman–Crippen LogP) is 2.40. The molecule has 0 bridgehead atoms. The van der Waals surface area contributed by atoms with Gasteiger partial charge in [-0.1, -0.05) is 6.07 Å². The van der Waals surface area contributed by atoms with Gasteiger partial charge >= 0.3 is 0 Å². The van der Waals surface area contributed by atoms with Crippen molar-refractivity contribution in [2.24, 2.45) is 0 Å². The van der Waals surface area contributed by atoms with Crippen molar-refractivity contribution in [2.45, 2.75) is 32.3 Å². The fraction of sp³-hybridized carbons (Fsp3) is 0.471. The molecule has 22 heavy (non-hydrogen) atoms. The lowest BCUT2D eigenvalue weighted by molar-refractivity contribution is -0.129. The molecule has 1 saturated heterocycles. The van der Waals surface area contributed by atoms with Crippen molar-refractivity contribution >= 4 is 16.8 Å². The van der Waals surface area contributed by atoms with Crippen LogP contribution in [0, 0.1) is 0 Å². The highest BCUT2D eigenvalue weighted by atomic mass is 16.5. The Kier molecular flexibility index (Phi) is 4.63. The lowest BCUT2D eigenvalue weighted by Gasteiger charge is -2.10. The Bertz CT molecular complexity index is 644. The normalized spacial score (nSPS) is 17.8. The van der Waals surface area contributed by atoms with E-state index in [2.05, 4.69) is 10.3 Å². The zero-order chi connectivity index (χ0) is 15.4. The van der Waals surface area contributed by atoms with Crippen molar-refractivity contribution in [1.29, 1.82) is 0 Å². The molecule has 2 aromatic rings. The van der Waals surface area contributed by atoms with Gasteiger partial charge in [0.15, 0.2) is 0 Å². The molecule has 0 spiro atoms. The molecule has 1 aromatic heterocycles. The molecule has 0 unspecified atom stereocenters. The van der Waals surface area contributed by atoms with E-state index in [-0.39, 0.29) is 12.0 Å². The van der Waals surface area contributed by atoms with Gasteiger partial charge in [0.25, 0.3) is 0 Å². The minimum absolute atomic E-state index is 0.00220. The molecule has 2 heterocycles. The number of carbonyl (C=O) groups is 1. The highest BCUT2D eigenvalue weighted by Crippen LogP contribution is 2.29. The molecule has 5 nitrogen and oxygen atoms in total. The second-order valence-corrected chi connectivity index (χ2v) is 5.47. The molecule has 1 aliphatic heterocycles. The van der Waals surface area contributed by atoms with Gasteiger partial charge in [0.1, 0.15) is 11.9 Å². The zero-order valence-corrected chi connectivity index (χ0v) is 12.9. The standard InChI is InChI=1S/C17H22N2O3/c1-2-21-14-6-3-5-13-16(14)12(11-19-13)8-9-18-17(20)15-7-4-10-22-15/h3,5-6,11,15,19H,2,4,7-10H2,1H3,(H,18,20)/t15-/m0/s1. The molecular formula is C17H22N2O3. The summed E-state index contributed by atoms with van der Waals surface area (Å²) in [6.07, 6.45) is 4.29. The number of nitrogens with one attached hydrogen (secondary N) is 2. The van der Waals surface area contributed by atoms with E-state index in [1.807, 2.05) is 31.3 Å². The van der Waals surface area contributed by atoms with E-state index in [1.54, 1.807) is 0 Å². The first kappa shape index (κ1) is 14.9. The van der Waals surface area contributed by atoms with E-state index in [0.29, 0.717) is 19.8 Å². The third-order valence-electron chi connectivity index (χ3n) is 3.96. The Morgan fingerprint density at radius 3 is 3.18 bits per heavy atom. The molecule has 1 aromatic carbocycles. The number of hydrogen-bond acceptors (Lipinski definition) is 3. The van der Waals surface area contributed by atoms with Gasteiger partial charge in [0, 0.05) is 30.3 Å². The summed E-state index contributed by atoms with van der Waals surface area (Å²) in [6, 6.07) is 5.99. The minimum Gasteiger partial charge on any atom is -0.493 e. The molecule has 0 radical (unpaired) electrons. The van der Waals surface area contributed by atoms with Crippen LogP contribution in [-0.2, 0) is 16.0 Å². The first-order chi connectivity index (χ1) is 10.8. The molecule has 1 aliphatic rings. The third-order valence-corrected chi connectivity index (χ3v) is 3.96. The predicted molar refractivity (Wildman–Crippen MR) is 85.2 cm³/mol. The summed E-state index contributed by atoms with van der Waals surface area (Å²) in [6.45, 7) is 3.91. The van der Waals surface area contributed by atoms with E-state index < -0.39 is 0 Å². The van der Waals surface area contributed by atoms with E-state index in [0.717, 1.165) is 41.5 Å². The molecule has 0 saturated carbocycles. The summed E-state index contributed by atoms with van der Waals surface area (Å²) in [5.41, 5.74) is 2.22. The van der Waals surface area contributed by atoms with Crippen molar-refractivity contribution in [3.05, 3.63) is 30.0 Å². The van der Waals surface area contributed by atoms with Gasteiger partial charge in [-0.2, -0.15) is 0 Å². The van der Waals surface area contributed by atoms with Crippen LogP contribution in [0.4, 0.5) is 0 Å². The number of hydrogen-bond donors (Lipinski definition) is 2. The maximum atomic E-state index is 11.9. The Balaban J connectivity index is 1.65. The number of carbonyl (C=O) groups excluding carboxylic acids is 1. The Hall–Kier alpha value is -2.01. The average molecular weight is 302 g/mol. The van der Waals surface area contributed by atoms with E-state index in [4.69, 9.17) is 9.47 Å². The van der Waals surface area contributed by atoms with Gasteiger partial charge in [0.05, 0.1) is 6.61 Å². The summed E-state index contributed by atoms with van der Waals surface area (Å²) >= 11 is 0. The molecule has 1 atom stereocenters. The van der Waals surface area contributed by atoms with Crippen LogP contribution in [0.25, 0.3) is 10.9 Å². The lowest BCUT2D eigenvalue weighted by atomic mass is 10.1. The molecule has 3 rings (SSSR count). The van der Waals surface area contributed by atoms with Crippen LogP contribution in [0.15, 0.2) is 24.4 Å². The van der Waals surface area contributed by atoms with Gasteiger partial charge in [-0.3, -0.25) is 4.79 Å². The molecule has 118 valence electrons. The number of rotatable bonds is 6. The van der Waals surface area contributed by atoms with Crippen molar-refractivity contribution in [3.8, 4) is 5.75 Å². The summed E-state index contributed by atoms with van der Waals surface area (Å²) in [5.74, 6) is 0.893. The first-order valence-corrected chi connectivity index (χ1v) is 7.90. The SMILES string of the molecule is CCOc1cccc2[nH]cc(CCNC(=O)[C@@H]3CCCO3)c12. The number of aromatic nitrogens is 1. The van der Waals surface area contributed by atoms with E-state index in [1.165, 1.54) is 0 Å². The first-order valence-electron chi connectivity index (χ1n) is 7.90. The van der Waals surface area contributed by atoms with Gasteiger partial charge in [-0.15, -0.1) is 0 Å². The number of ether oxygens (including phenoxy) is 2. The number of H-pyrrole nitrogens is 1. The van der Waals surface area contributed by atoms with Crippen LogP contribution >= 0.6 is 0 Å². The number of fused-ring (bicyclic) bond motifs is 1. The maximum Gasteiger partial charge on any atom is 0.249 e. The van der Waals surface area contributed by atoms with Crippen LogP contribution in [0.2, 0.25) is 0 Å². The number of benzene rings is 1. The zero-order valence-electron chi connectivity index (χ0n) is 12.9. The van der Waals surface area contributed by atoms with Crippen molar-refractivity contribution in [3.63, 3.8) is 0 Å². The van der Waals surface area contributed by atoms with Crippen LogP contribution < -0.4 is 10.1 Å². The van der Waals surface area contributed by atoms with Crippen molar-refractivity contribution in [2.75, 3.05) is 19.8 Å². The molecule has 2 N–H and O–H groups in total. The number of amides is 1.